The van der Waals surface area contributed by atoms with E-state index in [9.17, 15) is 9.59 Å². The number of ketones is 1. The molecule has 1 saturated heterocycles. The Kier molecular flexibility index (Phi) is 4.59. The Morgan fingerprint density at radius 3 is 2.77 bits per heavy atom. The van der Waals surface area contributed by atoms with E-state index in [1.165, 1.54) is 0 Å². The Morgan fingerprint density at radius 1 is 1.23 bits per heavy atom. The predicted molar refractivity (Wildman–Crippen MR) is 104 cm³/mol. The van der Waals surface area contributed by atoms with E-state index in [0.717, 1.165) is 17.7 Å². The molecule has 0 aromatic carbocycles. The molecule has 3 fully saturated rings. The second-order valence-corrected chi connectivity index (χ2v) is 9.33. The van der Waals surface area contributed by atoms with E-state index in [2.05, 4.69) is 13.0 Å². The first-order valence-corrected chi connectivity index (χ1v) is 10.6. The highest BCUT2D eigenvalue weighted by Crippen LogP contribution is 2.70. The van der Waals surface area contributed by atoms with Gasteiger partial charge in [-0.05, 0) is 43.2 Å². The van der Waals surface area contributed by atoms with E-state index < -0.39 is 17.6 Å². The molecule has 1 aromatic heterocycles. The minimum absolute atomic E-state index is 0.0642. The molecule has 7 heteroatoms. The molecule has 162 valence electrons. The molecule has 1 aromatic rings. The van der Waals surface area contributed by atoms with E-state index in [1.54, 1.807) is 26.7 Å². The normalized spacial score (nSPS) is 42.2. The lowest BCUT2D eigenvalue weighted by atomic mass is 9.39. The average molecular weight is 416 g/mol. The quantitative estimate of drug-likeness (QED) is 0.537. The van der Waals surface area contributed by atoms with Gasteiger partial charge in [-0.15, -0.1) is 0 Å². The first-order chi connectivity index (χ1) is 14.4. The number of fused-ring (bicyclic) bond motifs is 2. The molecule has 1 spiro atoms. The van der Waals surface area contributed by atoms with E-state index in [4.69, 9.17) is 23.4 Å². The molecule has 0 N–H and O–H groups in total. The van der Waals surface area contributed by atoms with E-state index in [0.29, 0.717) is 19.3 Å². The maximum atomic E-state index is 13.8. The van der Waals surface area contributed by atoms with E-state index in [1.807, 2.05) is 6.07 Å². The van der Waals surface area contributed by atoms with Gasteiger partial charge in [0.25, 0.3) is 0 Å². The van der Waals surface area contributed by atoms with Crippen LogP contribution in [0.15, 0.2) is 34.8 Å². The highest BCUT2D eigenvalue weighted by molar-refractivity contribution is 5.90. The average Bonchev–Trinajstić information content (AvgIpc) is 3.24. The zero-order valence-corrected chi connectivity index (χ0v) is 17.6. The summed E-state index contributed by atoms with van der Waals surface area (Å²) in [7, 11) is 3.22. The Hall–Kier alpha value is -2.12. The number of ether oxygens (including phenoxy) is 4. The van der Waals surface area contributed by atoms with Crippen LogP contribution in [-0.4, -0.2) is 38.9 Å². The third-order valence-corrected chi connectivity index (χ3v) is 8.02. The number of esters is 1. The second-order valence-electron chi connectivity index (χ2n) is 9.33. The number of hydrogen-bond acceptors (Lipinski definition) is 7. The highest BCUT2D eigenvalue weighted by Gasteiger charge is 2.70. The lowest BCUT2D eigenvalue weighted by molar-refractivity contribution is -0.210. The predicted octanol–water partition coefficient (Wildman–Crippen LogP) is 3.41. The molecule has 3 aliphatic carbocycles. The number of hydrogen-bond donors (Lipinski definition) is 0. The Morgan fingerprint density at radius 2 is 2.07 bits per heavy atom. The van der Waals surface area contributed by atoms with Crippen molar-refractivity contribution in [2.45, 2.75) is 44.8 Å². The first-order valence-electron chi connectivity index (χ1n) is 10.6. The highest BCUT2D eigenvalue weighted by atomic mass is 16.7. The summed E-state index contributed by atoms with van der Waals surface area (Å²) in [6.07, 6.45) is 7.03. The standard InChI is InChI=1S/C23H28O7/c1-22-9-17(13-5-7-28-11-13)30-21(25)14(22)4-6-23-10-18(27-3)15(23)8-16(29-12-26-2)19(24)20(22)23/h5,7,10-11,14-17,20H,4,6,8-9,12H2,1-3H3/t14-,15+,16+,17+,20?,22+,23-/m1/s1. The summed E-state index contributed by atoms with van der Waals surface area (Å²) in [4.78, 5) is 26.8. The third-order valence-electron chi connectivity index (χ3n) is 8.02. The molecule has 5 rings (SSSR count). The Labute approximate surface area is 175 Å². The van der Waals surface area contributed by atoms with Gasteiger partial charge in [-0.1, -0.05) is 6.92 Å². The van der Waals surface area contributed by atoms with Crippen LogP contribution >= 0.6 is 0 Å². The summed E-state index contributed by atoms with van der Waals surface area (Å²) in [5.41, 5.74) is 0.0194. The number of allylic oxidation sites excluding steroid dienone is 2. The van der Waals surface area contributed by atoms with Crippen molar-refractivity contribution in [1.82, 2.24) is 0 Å². The summed E-state index contributed by atoms with van der Waals surface area (Å²) in [5, 5.41) is 0. The van der Waals surface area contributed by atoms with Crippen LogP contribution < -0.4 is 0 Å². The number of carbonyl (C=O) groups is 2. The van der Waals surface area contributed by atoms with Gasteiger partial charge in [0.1, 0.15) is 19.0 Å². The van der Waals surface area contributed by atoms with Crippen LogP contribution in [0.5, 0.6) is 0 Å². The number of rotatable bonds is 5. The fourth-order valence-electron chi connectivity index (χ4n) is 6.75. The maximum absolute atomic E-state index is 13.8. The van der Waals surface area contributed by atoms with Gasteiger partial charge in [0.2, 0.25) is 0 Å². The topological polar surface area (TPSA) is 84.2 Å². The number of Topliss-reactive ketones (excluding diaryl/α,β-unsaturated/α-hetero) is 1. The zero-order valence-electron chi connectivity index (χ0n) is 17.6. The van der Waals surface area contributed by atoms with Crippen LogP contribution in [0.3, 0.4) is 0 Å². The van der Waals surface area contributed by atoms with Crippen molar-refractivity contribution < 1.29 is 33.0 Å². The van der Waals surface area contributed by atoms with Gasteiger partial charge in [-0.2, -0.15) is 0 Å². The van der Waals surface area contributed by atoms with Crippen molar-refractivity contribution in [3.63, 3.8) is 0 Å². The van der Waals surface area contributed by atoms with Crippen LogP contribution in [-0.2, 0) is 28.5 Å². The molecule has 1 aliphatic heterocycles. The van der Waals surface area contributed by atoms with Crippen molar-refractivity contribution >= 4 is 11.8 Å². The number of cyclic esters (lactones) is 1. The molecule has 0 amide bonds. The summed E-state index contributed by atoms with van der Waals surface area (Å²) in [6, 6.07) is 1.82. The van der Waals surface area contributed by atoms with Crippen molar-refractivity contribution in [3.8, 4) is 0 Å². The molecule has 2 heterocycles. The van der Waals surface area contributed by atoms with Gasteiger partial charge in [-0.3, -0.25) is 9.59 Å². The molecule has 7 atom stereocenters. The Balaban J connectivity index is 1.56. The van der Waals surface area contributed by atoms with Crippen LogP contribution in [0.2, 0.25) is 0 Å². The molecule has 0 radical (unpaired) electrons. The van der Waals surface area contributed by atoms with Gasteiger partial charge in [-0.25, -0.2) is 0 Å². The van der Waals surface area contributed by atoms with Gasteiger partial charge in [0, 0.05) is 29.9 Å². The fourth-order valence-corrected chi connectivity index (χ4v) is 6.75. The molecule has 30 heavy (non-hydrogen) atoms. The largest absolute Gasteiger partial charge is 0.501 e. The van der Waals surface area contributed by atoms with Crippen molar-refractivity contribution in [2.24, 2.45) is 28.6 Å². The minimum Gasteiger partial charge on any atom is -0.501 e. The molecular weight excluding hydrogens is 388 g/mol. The summed E-state index contributed by atoms with van der Waals surface area (Å²) in [6.45, 7) is 2.15. The van der Waals surface area contributed by atoms with Gasteiger partial charge >= 0.3 is 5.97 Å². The summed E-state index contributed by atoms with van der Waals surface area (Å²) < 4.78 is 27.5. The SMILES string of the molecule is COCO[C@H]1C[C@H]2C(OC)=C[C@]23CC[C@@H]2C(=O)O[C@H](c4ccoc4)C[C@]2(C)C3C1=O. The zero-order chi connectivity index (χ0) is 21.1. The maximum Gasteiger partial charge on any atom is 0.310 e. The van der Waals surface area contributed by atoms with E-state index >= 15 is 0 Å². The van der Waals surface area contributed by atoms with Crippen LogP contribution in [0.25, 0.3) is 0 Å². The summed E-state index contributed by atoms with van der Waals surface area (Å²) in [5.74, 6) is 0.264. The molecule has 2 saturated carbocycles. The number of carbonyl (C=O) groups excluding carboxylic acids is 2. The van der Waals surface area contributed by atoms with E-state index in [-0.39, 0.29) is 41.7 Å². The second kappa shape index (κ2) is 6.95. The first kappa shape index (κ1) is 19.8. The monoisotopic (exact) mass is 416 g/mol. The number of methoxy groups -OCH3 is 2. The molecule has 4 aliphatic rings. The molecule has 7 nitrogen and oxygen atoms in total. The lowest BCUT2D eigenvalue weighted by Gasteiger charge is -2.65. The lowest BCUT2D eigenvalue weighted by Crippen LogP contribution is -2.66. The van der Waals surface area contributed by atoms with Gasteiger partial charge in [0.05, 0.1) is 31.3 Å². The molecule has 0 bridgehead atoms. The minimum atomic E-state index is -0.562. The van der Waals surface area contributed by atoms with Crippen molar-refractivity contribution in [1.29, 1.82) is 0 Å². The smallest absolute Gasteiger partial charge is 0.310 e. The van der Waals surface area contributed by atoms with Gasteiger partial charge < -0.3 is 23.4 Å². The van der Waals surface area contributed by atoms with Crippen molar-refractivity contribution in [2.75, 3.05) is 21.0 Å². The van der Waals surface area contributed by atoms with Crippen LogP contribution in [0, 0.1) is 28.6 Å². The Bertz CT molecular complexity index is 874. The third kappa shape index (κ3) is 2.57. The molecule has 1 unspecified atom stereocenters. The van der Waals surface area contributed by atoms with Crippen LogP contribution in [0.1, 0.15) is 44.3 Å². The van der Waals surface area contributed by atoms with Gasteiger partial charge in [0.15, 0.2) is 5.78 Å². The van der Waals surface area contributed by atoms with Crippen molar-refractivity contribution in [3.05, 3.63) is 36.0 Å². The summed E-state index contributed by atoms with van der Waals surface area (Å²) >= 11 is 0. The van der Waals surface area contributed by atoms with Crippen LogP contribution in [0.4, 0.5) is 0 Å². The fraction of sp³-hybridized carbons (Fsp3) is 0.652. The number of furan rings is 1. The molecular formula is C23H28O7.